The van der Waals surface area contributed by atoms with E-state index in [-0.39, 0.29) is 29.9 Å². The minimum Gasteiger partial charge on any atom is -0.331 e. The zero-order chi connectivity index (χ0) is 25.2. The zero-order valence-corrected chi connectivity index (χ0v) is 20.2. The molecule has 1 aromatic heterocycles. The Morgan fingerprint density at radius 1 is 1.11 bits per heavy atom. The Kier molecular flexibility index (Phi) is 6.43. The van der Waals surface area contributed by atoms with Crippen molar-refractivity contribution in [3.63, 3.8) is 0 Å². The number of hydrogen-bond acceptors (Lipinski definition) is 5. The number of aromatic nitrogens is 2. The van der Waals surface area contributed by atoms with Crippen LogP contribution in [0.2, 0.25) is 0 Å². The van der Waals surface area contributed by atoms with Crippen molar-refractivity contribution in [2.75, 3.05) is 16.8 Å². The Balaban J connectivity index is 1.40. The van der Waals surface area contributed by atoms with Crippen molar-refractivity contribution in [1.29, 1.82) is 0 Å². The molecule has 2 aliphatic heterocycles. The summed E-state index contributed by atoms with van der Waals surface area (Å²) in [5.74, 6) is 0.411. The lowest BCUT2D eigenvalue weighted by molar-refractivity contribution is -0.117. The maximum atomic E-state index is 13.0. The Bertz CT molecular complexity index is 1270. The van der Waals surface area contributed by atoms with Gasteiger partial charge in [0.15, 0.2) is 0 Å². The largest absolute Gasteiger partial charge is 0.331 e. The monoisotopic (exact) mass is 487 g/mol. The summed E-state index contributed by atoms with van der Waals surface area (Å²) >= 11 is 0. The van der Waals surface area contributed by atoms with Crippen molar-refractivity contribution in [2.24, 2.45) is 0 Å². The van der Waals surface area contributed by atoms with Crippen LogP contribution in [0.15, 0.2) is 54.6 Å². The highest BCUT2D eigenvalue weighted by atomic mass is 16.2. The number of anilines is 2. The van der Waals surface area contributed by atoms with Gasteiger partial charge >= 0.3 is 6.03 Å². The number of hydrazine groups is 1. The van der Waals surface area contributed by atoms with E-state index in [2.05, 4.69) is 26.3 Å². The molecule has 1 fully saturated rings. The molecule has 36 heavy (non-hydrogen) atoms. The van der Waals surface area contributed by atoms with Gasteiger partial charge in [-0.2, -0.15) is 5.10 Å². The third-order valence-electron chi connectivity index (χ3n) is 6.58. The van der Waals surface area contributed by atoms with E-state index in [0.717, 1.165) is 34.5 Å². The SMILES string of the molecule is CC(=O)Nc1[nH]nc2c1C(c1ccc(N3CCCC3=O)cc1)N(NC(=O)NC(C)c1ccccc1)C2. The maximum Gasteiger partial charge on any atom is 0.329 e. The fraction of sp³-hybridized carbons (Fsp3) is 0.308. The molecule has 0 spiro atoms. The van der Waals surface area contributed by atoms with Crippen LogP contribution < -0.4 is 21.0 Å². The summed E-state index contributed by atoms with van der Waals surface area (Å²) in [7, 11) is 0. The first-order chi connectivity index (χ1) is 17.4. The average molecular weight is 488 g/mol. The molecule has 4 N–H and O–H groups in total. The van der Waals surface area contributed by atoms with Crippen LogP contribution in [0.4, 0.5) is 16.3 Å². The number of fused-ring (bicyclic) bond motifs is 1. The van der Waals surface area contributed by atoms with Crippen LogP contribution in [0.3, 0.4) is 0 Å². The van der Waals surface area contributed by atoms with Gasteiger partial charge in [0.1, 0.15) is 5.82 Å². The smallest absolute Gasteiger partial charge is 0.329 e. The number of rotatable bonds is 6. The molecule has 0 saturated carbocycles. The first-order valence-electron chi connectivity index (χ1n) is 12.0. The lowest BCUT2D eigenvalue weighted by Crippen LogP contribution is -2.47. The molecule has 4 amide bonds. The van der Waals surface area contributed by atoms with Gasteiger partial charge in [0.25, 0.3) is 0 Å². The summed E-state index contributed by atoms with van der Waals surface area (Å²) in [6, 6.07) is 16.6. The quantitative estimate of drug-likeness (QED) is 0.425. The lowest BCUT2D eigenvalue weighted by atomic mass is 10.0. The van der Waals surface area contributed by atoms with Crippen LogP contribution in [-0.4, -0.2) is 39.6 Å². The van der Waals surface area contributed by atoms with Crippen molar-refractivity contribution in [3.8, 4) is 0 Å². The minimum atomic E-state index is -0.387. The number of aromatic amines is 1. The molecule has 2 aromatic carbocycles. The average Bonchev–Trinajstić information content (AvgIpc) is 3.55. The Hall–Kier alpha value is -4.18. The number of H-pyrrole nitrogens is 1. The molecule has 2 atom stereocenters. The second-order valence-corrected chi connectivity index (χ2v) is 9.13. The third-order valence-corrected chi connectivity index (χ3v) is 6.58. The van der Waals surface area contributed by atoms with E-state index < -0.39 is 0 Å². The summed E-state index contributed by atoms with van der Waals surface area (Å²) in [4.78, 5) is 38.7. The van der Waals surface area contributed by atoms with Crippen molar-refractivity contribution >= 4 is 29.4 Å². The van der Waals surface area contributed by atoms with Gasteiger partial charge in [-0.3, -0.25) is 20.1 Å². The first-order valence-corrected chi connectivity index (χ1v) is 12.0. The van der Waals surface area contributed by atoms with Crippen LogP contribution in [-0.2, 0) is 16.1 Å². The fourth-order valence-corrected chi connectivity index (χ4v) is 4.88. The van der Waals surface area contributed by atoms with Gasteiger partial charge in [0, 0.05) is 31.1 Å². The van der Waals surface area contributed by atoms with Crippen LogP contribution in [0.5, 0.6) is 0 Å². The Morgan fingerprint density at radius 2 is 1.86 bits per heavy atom. The first kappa shape index (κ1) is 23.6. The molecule has 3 aromatic rings. The predicted octanol–water partition coefficient (Wildman–Crippen LogP) is 3.38. The molecule has 10 heteroatoms. The molecule has 2 aliphatic rings. The van der Waals surface area contributed by atoms with Crippen molar-refractivity contribution in [1.82, 2.24) is 25.9 Å². The predicted molar refractivity (Wildman–Crippen MR) is 135 cm³/mol. The van der Waals surface area contributed by atoms with Crippen LogP contribution in [0.25, 0.3) is 0 Å². The normalized spacial score (nSPS) is 18.1. The van der Waals surface area contributed by atoms with E-state index in [1.807, 2.05) is 61.5 Å². The molecule has 0 bridgehead atoms. The van der Waals surface area contributed by atoms with Gasteiger partial charge in [0.05, 0.1) is 24.3 Å². The summed E-state index contributed by atoms with van der Waals surface area (Å²) in [5, 5.41) is 14.9. The number of carbonyl (C=O) groups excluding carboxylic acids is 3. The molecule has 10 nitrogen and oxygen atoms in total. The van der Waals surface area contributed by atoms with Gasteiger partial charge in [-0.15, -0.1) is 0 Å². The Labute approximate surface area is 209 Å². The molecule has 2 unspecified atom stereocenters. The molecular formula is C26H29N7O3. The summed E-state index contributed by atoms with van der Waals surface area (Å²) in [6.45, 7) is 4.44. The van der Waals surface area contributed by atoms with Gasteiger partial charge < -0.3 is 15.5 Å². The molecule has 0 aliphatic carbocycles. The Morgan fingerprint density at radius 3 is 2.53 bits per heavy atom. The molecule has 1 saturated heterocycles. The second kappa shape index (κ2) is 9.82. The van der Waals surface area contributed by atoms with E-state index in [4.69, 9.17) is 0 Å². The molecule has 186 valence electrons. The maximum absolute atomic E-state index is 13.0. The fourth-order valence-electron chi connectivity index (χ4n) is 4.88. The molecule has 3 heterocycles. The number of nitrogens with one attached hydrogen (secondary N) is 4. The third kappa shape index (κ3) is 4.67. The zero-order valence-electron chi connectivity index (χ0n) is 20.2. The van der Waals surface area contributed by atoms with E-state index in [1.165, 1.54) is 6.92 Å². The van der Waals surface area contributed by atoms with E-state index in [0.29, 0.717) is 25.3 Å². The van der Waals surface area contributed by atoms with Gasteiger partial charge in [-0.25, -0.2) is 9.80 Å². The summed E-state index contributed by atoms with van der Waals surface area (Å²) in [5.41, 5.74) is 7.25. The molecule has 5 rings (SSSR count). The number of benzene rings is 2. The highest BCUT2D eigenvalue weighted by Gasteiger charge is 2.38. The van der Waals surface area contributed by atoms with E-state index >= 15 is 0 Å². The number of hydrogen-bond donors (Lipinski definition) is 4. The topological polar surface area (TPSA) is 122 Å². The number of carbonyl (C=O) groups is 3. The van der Waals surface area contributed by atoms with Crippen LogP contribution in [0, 0.1) is 0 Å². The van der Waals surface area contributed by atoms with Crippen molar-refractivity contribution in [2.45, 2.75) is 45.3 Å². The highest BCUT2D eigenvalue weighted by Crippen LogP contribution is 2.41. The van der Waals surface area contributed by atoms with E-state index in [1.54, 1.807) is 9.91 Å². The van der Waals surface area contributed by atoms with E-state index in [9.17, 15) is 14.4 Å². The van der Waals surface area contributed by atoms with Crippen LogP contribution in [0.1, 0.15) is 61.2 Å². The molecule has 0 radical (unpaired) electrons. The lowest BCUT2D eigenvalue weighted by Gasteiger charge is -2.28. The summed E-state index contributed by atoms with van der Waals surface area (Å²) < 4.78 is 0. The van der Waals surface area contributed by atoms with Gasteiger partial charge in [-0.1, -0.05) is 42.5 Å². The summed E-state index contributed by atoms with van der Waals surface area (Å²) in [6.07, 6.45) is 1.42. The van der Waals surface area contributed by atoms with Gasteiger partial charge in [-0.05, 0) is 36.6 Å². The number of nitrogens with zero attached hydrogens (tertiary/aromatic N) is 3. The highest BCUT2D eigenvalue weighted by molar-refractivity contribution is 5.95. The van der Waals surface area contributed by atoms with Crippen molar-refractivity contribution in [3.05, 3.63) is 77.0 Å². The minimum absolute atomic E-state index is 0.126. The second-order valence-electron chi connectivity index (χ2n) is 9.13. The van der Waals surface area contributed by atoms with Crippen LogP contribution >= 0.6 is 0 Å². The standard InChI is InChI=1S/C26H29N7O3/c1-16(18-7-4-3-5-8-18)27-26(36)31-33-15-21-23(25(30-29-21)28-17(2)34)24(33)19-10-12-20(13-11-19)32-14-6-9-22(32)35/h3-5,7-8,10-13,16,24H,6,9,14-15H2,1-2H3,(H2,27,31,36)(H2,28,29,30,34). The molecular weight excluding hydrogens is 458 g/mol. The number of urea groups is 1. The number of amides is 4. The van der Waals surface area contributed by atoms with Gasteiger partial charge in [0.2, 0.25) is 11.8 Å². The van der Waals surface area contributed by atoms with Crippen molar-refractivity contribution < 1.29 is 14.4 Å².